The molecule has 1 amide bonds. The predicted molar refractivity (Wildman–Crippen MR) is 108 cm³/mol. The van der Waals surface area contributed by atoms with E-state index < -0.39 is 0 Å². The molecule has 0 radical (unpaired) electrons. The average Bonchev–Trinajstić information content (AvgIpc) is 2.64. The van der Waals surface area contributed by atoms with Gasteiger partial charge in [0.15, 0.2) is 0 Å². The molecule has 3 nitrogen and oxygen atoms in total. The summed E-state index contributed by atoms with van der Waals surface area (Å²) in [7, 11) is 0. The Bertz CT molecular complexity index is 721. The van der Waals surface area contributed by atoms with Crippen LogP contribution >= 0.6 is 0 Å². The third-order valence-corrected chi connectivity index (χ3v) is 5.28. The van der Waals surface area contributed by atoms with Crippen LogP contribution in [0, 0.1) is 12.8 Å². The van der Waals surface area contributed by atoms with Gasteiger partial charge in [-0.25, -0.2) is 0 Å². The first-order chi connectivity index (χ1) is 12.5. The van der Waals surface area contributed by atoms with Gasteiger partial charge in [0.25, 0.3) is 0 Å². The van der Waals surface area contributed by atoms with Gasteiger partial charge in [-0.15, -0.1) is 0 Å². The van der Waals surface area contributed by atoms with Crippen molar-refractivity contribution < 1.29 is 4.79 Å². The number of nitrogens with zero attached hydrogens (tertiary/aromatic N) is 1. The minimum Gasteiger partial charge on any atom is -0.371 e. The van der Waals surface area contributed by atoms with Crippen LogP contribution in [0.3, 0.4) is 0 Å². The SMILES string of the molecule is Cc1ccc(CC(=O)N[C@H](C)c2ccc(N3CCC[C@H](C)C3)cc2)cc1. The van der Waals surface area contributed by atoms with Gasteiger partial charge in [-0.1, -0.05) is 48.9 Å². The highest BCUT2D eigenvalue weighted by molar-refractivity contribution is 5.79. The van der Waals surface area contributed by atoms with Crippen molar-refractivity contribution in [3.63, 3.8) is 0 Å². The number of rotatable bonds is 5. The molecule has 2 atom stereocenters. The molecule has 1 N–H and O–H groups in total. The van der Waals surface area contributed by atoms with Crippen LogP contribution < -0.4 is 10.2 Å². The Kier molecular flexibility index (Phi) is 5.97. The maximum atomic E-state index is 12.3. The lowest BCUT2D eigenvalue weighted by Crippen LogP contribution is -2.34. The highest BCUT2D eigenvalue weighted by Gasteiger charge is 2.17. The number of piperidine rings is 1. The first kappa shape index (κ1) is 18.5. The standard InChI is InChI=1S/C23H30N2O/c1-17-6-8-20(9-7-17)15-23(26)24-19(3)21-10-12-22(13-11-21)25-14-4-5-18(2)16-25/h6-13,18-19H,4-5,14-16H2,1-3H3,(H,24,26)/t18-,19+/m0/s1. The van der Waals surface area contributed by atoms with Crippen LogP contribution in [0.5, 0.6) is 0 Å². The van der Waals surface area contributed by atoms with Crippen LogP contribution in [0.25, 0.3) is 0 Å². The van der Waals surface area contributed by atoms with E-state index in [9.17, 15) is 4.79 Å². The fourth-order valence-corrected chi connectivity index (χ4v) is 3.66. The molecule has 0 aromatic heterocycles. The summed E-state index contributed by atoms with van der Waals surface area (Å²) in [6.45, 7) is 8.71. The molecular weight excluding hydrogens is 320 g/mol. The van der Waals surface area contributed by atoms with E-state index in [0.717, 1.165) is 30.1 Å². The van der Waals surface area contributed by atoms with E-state index in [1.165, 1.54) is 24.1 Å². The van der Waals surface area contributed by atoms with Crippen molar-refractivity contribution in [3.8, 4) is 0 Å². The molecule has 3 heteroatoms. The fourth-order valence-electron chi connectivity index (χ4n) is 3.66. The van der Waals surface area contributed by atoms with E-state index in [1.54, 1.807) is 0 Å². The number of hydrogen-bond donors (Lipinski definition) is 1. The quantitative estimate of drug-likeness (QED) is 0.851. The molecule has 0 unspecified atom stereocenters. The first-order valence-corrected chi connectivity index (χ1v) is 9.71. The summed E-state index contributed by atoms with van der Waals surface area (Å²) in [5.74, 6) is 0.832. The summed E-state index contributed by atoms with van der Waals surface area (Å²) in [5.41, 5.74) is 4.70. The smallest absolute Gasteiger partial charge is 0.224 e. The van der Waals surface area contributed by atoms with E-state index in [1.807, 2.05) is 31.2 Å². The topological polar surface area (TPSA) is 32.3 Å². The van der Waals surface area contributed by atoms with Crippen molar-refractivity contribution >= 4 is 11.6 Å². The number of nitrogens with one attached hydrogen (secondary N) is 1. The second-order valence-corrected chi connectivity index (χ2v) is 7.74. The van der Waals surface area contributed by atoms with Crippen molar-refractivity contribution in [2.75, 3.05) is 18.0 Å². The molecule has 2 aromatic rings. The van der Waals surface area contributed by atoms with Crippen LogP contribution in [0.2, 0.25) is 0 Å². The first-order valence-electron chi connectivity index (χ1n) is 9.71. The summed E-state index contributed by atoms with van der Waals surface area (Å²) >= 11 is 0. The van der Waals surface area contributed by atoms with Crippen LogP contribution in [-0.2, 0) is 11.2 Å². The summed E-state index contributed by atoms with van der Waals surface area (Å²) in [5, 5.41) is 3.11. The molecule has 1 aliphatic heterocycles. The zero-order chi connectivity index (χ0) is 18.5. The summed E-state index contributed by atoms with van der Waals surface area (Å²) in [6, 6.07) is 16.8. The van der Waals surface area contributed by atoms with E-state index in [0.29, 0.717) is 6.42 Å². The van der Waals surface area contributed by atoms with Crippen molar-refractivity contribution in [1.29, 1.82) is 0 Å². The van der Waals surface area contributed by atoms with Gasteiger partial charge in [0.2, 0.25) is 5.91 Å². The molecule has 0 spiro atoms. The van der Waals surface area contributed by atoms with Gasteiger partial charge in [-0.3, -0.25) is 4.79 Å². The van der Waals surface area contributed by atoms with Gasteiger partial charge in [0.1, 0.15) is 0 Å². The molecule has 3 rings (SSSR count). The van der Waals surface area contributed by atoms with E-state index in [2.05, 4.69) is 48.3 Å². The molecule has 1 heterocycles. The lowest BCUT2D eigenvalue weighted by Gasteiger charge is -2.33. The Balaban J connectivity index is 1.56. The normalized spacial score (nSPS) is 18.4. The Hall–Kier alpha value is -2.29. The molecule has 0 aliphatic carbocycles. The van der Waals surface area contributed by atoms with E-state index in [-0.39, 0.29) is 11.9 Å². The van der Waals surface area contributed by atoms with Crippen LogP contribution in [0.1, 0.15) is 49.4 Å². The lowest BCUT2D eigenvalue weighted by atomic mass is 9.99. The zero-order valence-corrected chi connectivity index (χ0v) is 16.2. The largest absolute Gasteiger partial charge is 0.371 e. The number of carbonyl (C=O) groups is 1. The van der Waals surface area contributed by atoms with Crippen molar-refractivity contribution in [2.45, 2.75) is 46.1 Å². The Morgan fingerprint density at radius 3 is 2.50 bits per heavy atom. The molecule has 2 aromatic carbocycles. The molecule has 0 bridgehead atoms. The molecule has 0 saturated carbocycles. The number of anilines is 1. The minimum absolute atomic E-state index is 0.0160. The van der Waals surface area contributed by atoms with E-state index in [4.69, 9.17) is 0 Å². The third kappa shape index (κ3) is 4.87. The molecule has 138 valence electrons. The predicted octanol–water partition coefficient (Wildman–Crippen LogP) is 4.65. The molecule has 26 heavy (non-hydrogen) atoms. The van der Waals surface area contributed by atoms with Gasteiger partial charge in [-0.2, -0.15) is 0 Å². The average molecular weight is 351 g/mol. The van der Waals surface area contributed by atoms with Gasteiger partial charge in [0, 0.05) is 18.8 Å². The van der Waals surface area contributed by atoms with Gasteiger partial charge < -0.3 is 10.2 Å². The highest BCUT2D eigenvalue weighted by Crippen LogP contribution is 2.24. The van der Waals surface area contributed by atoms with Gasteiger partial charge in [0.05, 0.1) is 12.5 Å². The van der Waals surface area contributed by atoms with Gasteiger partial charge in [-0.05, 0) is 55.9 Å². The third-order valence-electron chi connectivity index (χ3n) is 5.28. The van der Waals surface area contributed by atoms with Crippen molar-refractivity contribution in [3.05, 3.63) is 65.2 Å². The molecular formula is C23H30N2O. The summed E-state index contributed by atoms with van der Waals surface area (Å²) in [4.78, 5) is 14.8. The number of benzene rings is 2. The lowest BCUT2D eigenvalue weighted by molar-refractivity contribution is -0.121. The number of carbonyl (C=O) groups excluding carboxylic acids is 1. The number of amides is 1. The number of aryl methyl sites for hydroxylation is 1. The fraction of sp³-hybridized carbons (Fsp3) is 0.435. The second-order valence-electron chi connectivity index (χ2n) is 7.74. The monoisotopic (exact) mass is 350 g/mol. The van der Waals surface area contributed by atoms with Crippen molar-refractivity contribution in [1.82, 2.24) is 5.32 Å². The maximum Gasteiger partial charge on any atom is 0.224 e. The Labute approximate surface area is 157 Å². The molecule has 1 aliphatic rings. The Morgan fingerprint density at radius 1 is 1.15 bits per heavy atom. The van der Waals surface area contributed by atoms with Crippen LogP contribution in [0.15, 0.2) is 48.5 Å². The number of hydrogen-bond acceptors (Lipinski definition) is 2. The van der Waals surface area contributed by atoms with Gasteiger partial charge >= 0.3 is 0 Å². The Morgan fingerprint density at radius 2 is 1.85 bits per heavy atom. The summed E-state index contributed by atoms with van der Waals surface area (Å²) < 4.78 is 0. The van der Waals surface area contributed by atoms with E-state index >= 15 is 0 Å². The zero-order valence-electron chi connectivity index (χ0n) is 16.2. The highest BCUT2D eigenvalue weighted by atomic mass is 16.1. The summed E-state index contributed by atoms with van der Waals surface area (Å²) in [6.07, 6.45) is 3.03. The second kappa shape index (κ2) is 8.39. The maximum absolute atomic E-state index is 12.3. The molecule has 1 fully saturated rings. The van der Waals surface area contributed by atoms with Crippen LogP contribution in [0.4, 0.5) is 5.69 Å². The van der Waals surface area contributed by atoms with Crippen LogP contribution in [-0.4, -0.2) is 19.0 Å². The molecule has 1 saturated heterocycles. The minimum atomic E-state index is 0.0160. The van der Waals surface area contributed by atoms with Crippen molar-refractivity contribution in [2.24, 2.45) is 5.92 Å².